The second kappa shape index (κ2) is 5.79. The topological polar surface area (TPSA) is 26.1 Å². The van der Waals surface area contributed by atoms with E-state index in [1.807, 2.05) is 0 Å². The Balaban J connectivity index is 0.00000112. The molecule has 0 aromatic heterocycles. The zero-order chi connectivity index (χ0) is 9.97. The Morgan fingerprint density at radius 1 is 1.27 bits per heavy atom. The van der Waals surface area contributed by atoms with Gasteiger partial charge in [-0.2, -0.15) is 0 Å². The fourth-order valence-corrected chi connectivity index (χ4v) is 2.05. The van der Waals surface area contributed by atoms with Crippen LogP contribution in [0.15, 0.2) is 18.2 Å². The van der Waals surface area contributed by atoms with E-state index in [-0.39, 0.29) is 27.2 Å². The van der Waals surface area contributed by atoms with Gasteiger partial charge in [0.1, 0.15) is 0 Å². The summed E-state index contributed by atoms with van der Waals surface area (Å²) in [4.78, 5) is 0. The number of nitrogens with zero attached hydrogens (tertiary/aromatic N) is 1. The Morgan fingerprint density at radius 3 is 2.47 bits per heavy atom. The summed E-state index contributed by atoms with van der Waals surface area (Å²) in [5.74, 6) is 0. The van der Waals surface area contributed by atoms with Gasteiger partial charge in [0.15, 0.2) is 0 Å². The zero-order valence-electron chi connectivity index (χ0n) is 9.19. The van der Waals surface area contributed by atoms with Crippen LogP contribution < -0.4 is 5.32 Å². The molecule has 1 atom stereocenters. The molecule has 2 nitrogen and oxygen atoms in total. The number of rotatable bonds is 1. The van der Waals surface area contributed by atoms with Gasteiger partial charge in [0.2, 0.25) is 0 Å². The van der Waals surface area contributed by atoms with Gasteiger partial charge in [0.25, 0.3) is 0 Å². The van der Waals surface area contributed by atoms with E-state index in [0.717, 1.165) is 13.1 Å². The number of benzene rings is 1. The van der Waals surface area contributed by atoms with Crippen LogP contribution in [-0.4, -0.2) is 13.1 Å². The summed E-state index contributed by atoms with van der Waals surface area (Å²) in [6, 6.07) is 6.43. The van der Waals surface area contributed by atoms with Crippen molar-refractivity contribution in [1.29, 1.82) is 0 Å². The first-order chi connectivity index (χ1) is 6.79. The number of aryl methyl sites for hydroxylation is 2. The largest absolute Gasteiger partial charge is 0.643 e. The average Bonchev–Trinajstić information content (AvgIpc) is 2.19. The quantitative estimate of drug-likeness (QED) is 0.792. The van der Waals surface area contributed by atoms with Crippen LogP contribution in [0.1, 0.15) is 29.3 Å². The molecular weight excluding hydrogens is 367 g/mol. The molecule has 0 bridgehead atoms. The second-order valence-electron chi connectivity index (χ2n) is 3.92. The van der Waals surface area contributed by atoms with Crippen molar-refractivity contribution in [2.45, 2.75) is 26.4 Å². The average molecular weight is 384 g/mol. The monoisotopic (exact) mass is 384 g/mol. The Kier molecular flexibility index (Phi) is 4.98. The molecule has 2 rings (SSSR count). The van der Waals surface area contributed by atoms with Crippen molar-refractivity contribution >= 4 is 0 Å². The third-order valence-corrected chi connectivity index (χ3v) is 2.80. The first kappa shape index (κ1) is 12.9. The minimum Gasteiger partial charge on any atom is -0.643 e. The first-order valence-corrected chi connectivity index (χ1v) is 5.25. The molecule has 0 amide bonds. The van der Waals surface area contributed by atoms with Crippen molar-refractivity contribution in [3.8, 4) is 0 Å². The smallest absolute Gasteiger partial charge is 0 e. The summed E-state index contributed by atoms with van der Waals surface area (Å²) in [7, 11) is 0. The molecule has 1 saturated heterocycles. The van der Waals surface area contributed by atoms with E-state index < -0.39 is 0 Å². The summed E-state index contributed by atoms with van der Waals surface area (Å²) in [5, 5.41) is 8.06. The predicted molar refractivity (Wildman–Crippen MR) is 59.5 cm³/mol. The van der Waals surface area contributed by atoms with E-state index in [1.165, 1.54) is 23.1 Å². The van der Waals surface area contributed by atoms with Crippen LogP contribution in [-0.2, 0) is 21.1 Å². The van der Waals surface area contributed by atoms with Crippen molar-refractivity contribution in [1.82, 2.24) is 5.32 Å². The van der Waals surface area contributed by atoms with Gasteiger partial charge in [-0.05, 0) is 37.1 Å². The van der Waals surface area contributed by atoms with Crippen LogP contribution >= 0.6 is 0 Å². The minimum atomic E-state index is 0. The molecule has 15 heavy (non-hydrogen) atoms. The van der Waals surface area contributed by atoms with Gasteiger partial charge in [-0.25, -0.2) is 0 Å². The van der Waals surface area contributed by atoms with Gasteiger partial charge in [0, 0.05) is 21.1 Å². The maximum absolute atomic E-state index is 4.61. The normalized spacial score (nSPS) is 20.8. The van der Waals surface area contributed by atoms with Gasteiger partial charge in [0.05, 0.1) is 0 Å². The Labute approximate surface area is 106 Å². The van der Waals surface area contributed by atoms with Crippen molar-refractivity contribution < 1.29 is 21.1 Å². The van der Waals surface area contributed by atoms with E-state index in [9.17, 15) is 0 Å². The summed E-state index contributed by atoms with van der Waals surface area (Å²) in [6.07, 6.45) is 1.39. The molecule has 3 heteroatoms. The molecule has 1 fully saturated rings. The molecule has 86 valence electrons. The van der Waals surface area contributed by atoms with Crippen LogP contribution in [0.2, 0.25) is 0 Å². The Hall–Kier alpha value is -0.172. The van der Waals surface area contributed by atoms with Gasteiger partial charge in [-0.15, -0.1) is 6.54 Å². The summed E-state index contributed by atoms with van der Waals surface area (Å²) in [5.41, 5.74) is 4.05. The van der Waals surface area contributed by atoms with Gasteiger partial charge in [-0.3, -0.25) is 0 Å². The fraction of sp³-hybridized carbons (Fsp3) is 0.500. The summed E-state index contributed by atoms with van der Waals surface area (Å²) >= 11 is 0. The minimum absolute atomic E-state index is 0. The van der Waals surface area contributed by atoms with Crippen LogP contribution in [0.3, 0.4) is 0 Å². The number of hydrogen-bond acceptors (Lipinski definition) is 1. The van der Waals surface area contributed by atoms with Crippen LogP contribution in [0.5, 0.6) is 0 Å². The molecule has 1 aromatic carbocycles. The SMILES string of the molecule is Cc1cccc(C)c1C1[N-]CCCN1.[Pt]. The van der Waals surface area contributed by atoms with Crippen molar-refractivity contribution in [2.24, 2.45) is 0 Å². The number of hydrogen-bond donors (Lipinski definition) is 1. The molecule has 0 aliphatic carbocycles. The van der Waals surface area contributed by atoms with E-state index in [2.05, 4.69) is 42.7 Å². The van der Waals surface area contributed by atoms with E-state index in [1.54, 1.807) is 0 Å². The number of nitrogens with one attached hydrogen (secondary N) is 1. The zero-order valence-corrected chi connectivity index (χ0v) is 11.5. The molecular formula is C12H17N2Pt-. The van der Waals surface area contributed by atoms with Crippen molar-refractivity contribution in [2.75, 3.05) is 13.1 Å². The van der Waals surface area contributed by atoms with Gasteiger partial charge < -0.3 is 10.6 Å². The molecule has 1 aromatic rings. The maximum atomic E-state index is 4.61. The second-order valence-corrected chi connectivity index (χ2v) is 3.92. The van der Waals surface area contributed by atoms with Crippen molar-refractivity contribution in [3.63, 3.8) is 0 Å². The van der Waals surface area contributed by atoms with Gasteiger partial charge >= 0.3 is 0 Å². The molecule has 0 saturated carbocycles. The maximum Gasteiger partial charge on any atom is 0 e. The molecule has 1 aliphatic heterocycles. The Bertz CT molecular complexity index is 299. The van der Waals surface area contributed by atoms with Crippen LogP contribution in [0.4, 0.5) is 0 Å². The van der Waals surface area contributed by atoms with E-state index in [4.69, 9.17) is 0 Å². The molecule has 1 heterocycles. The predicted octanol–water partition coefficient (Wildman–Crippen LogP) is 2.67. The fourth-order valence-electron chi connectivity index (χ4n) is 2.05. The standard InChI is InChI=1S/C12H17N2.Pt/c1-9-5-3-6-10(2)11(9)12-13-7-4-8-14-12;/h3,5-6,12-13H,4,7-8H2,1-2H3;/q-1;. The van der Waals surface area contributed by atoms with E-state index >= 15 is 0 Å². The summed E-state index contributed by atoms with van der Waals surface area (Å²) in [6.45, 7) is 6.40. The van der Waals surface area contributed by atoms with Crippen molar-refractivity contribution in [3.05, 3.63) is 40.2 Å². The van der Waals surface area contributed by atoms with E-state index in [0.29, 0.717) is 0 Å². The molecule has 1 unspecified atom stereocenters. The van der Waals surface area contributed by atoms with Crippen LogP contribution in [0.25, 0.3) is 5.32 Å². The third-order valence-electron chi connectivity index (χ3n) is 2.80. The van der Waals surface area contributed by atoms with Crippen LogP contribution in [0, 0.1) is 13.8 Å². The first-order valence-electron chi connectivity index (χ1n) is 5.25. The molecule has 0 radical (unpaired) electrons. The Morgan fingerprint density at radius 2 is 1.93 bits per heavy atom. The molecule has 0 spiro atoms. The molecule has 1 aliphatic rings. The summed E-state index contributed by atoms with van der Waals surface area (Å²) < 4.78 is 0. The van der Waals surface area contributed by atoms with Gasteiger partial charge in [-0.1, -0.05) is 30.8 Å². The molecule has 1 N–H and O–H groups in total. The third kappa shape index (κ3) is 2.90.